The van der Waals surface area contributed by atoms with Crippen molar-refractivity contribution in [3.63, 3.8) is 0 Å². The molecule has 0 aliphatic heterocycles. The molecule has 0 aliphatic carbocycles. The maximum atomic E-state index is 11.5. The van der Waals surface area contributed by atoms with Crippen LogP contribution in [0.2, 0.25) is 0 Å². The van der Waals surface area contributed by atoms with Crippen LogP contribution in [0.15, 0.2) is 0 Å². The second-order valence-electron chi connectivity index (χ2n) is 6.12. The summed E-state index contributed by atoms with van der Waals surface area (Å²) in [5.41, 5.74) is -0.00410. The summed E-state index contributed by atoms with van der Waals surface area (Å²) in [4.78, 5) is 11.5. The van der Waals surface area contributed by atoms with Gasteiger partial charge in [-0.25, -0.2) is 0 Å². The van der Waals surface area contributed by atoms with E-state index < -0.39 is 0 Å². The molecular weight excluding hydrogens is 175 g/mol. The van der Waals surface area contributed by atoms with Gasteiger partial charge in [-0.3, -0.25) is 4.79 Å². The lowest BCUT2D eigenvalue weighted by molar-refractivity contribution is -0.143. The first kappa shape index (κ1) is 13.5. The maximum absolute atomic E-state index is 11.5. The SMILES string of the molecule is [B]OC(=O)C(CC(C)(C)C)C(C)(C)C. The lowest BCUT2D eigenvalue weighted by atomic mass is 9.72. The van der Waals surface area contributed by atoms with Gasteiger partial charge >= 0.3 is 8.05 Å². The topological polar surface area (TPSA) is 26.3 Å². The number of hydrogen-bond acceptors (Lipinski definition) is 2. The molecule has 1 atom stereocenters. The molecule has 0 aromatic heterocycles. The molecule has 1 unspecified atom stereocenters. The third-order valence-corrected chi connectivity index (χ3v) is 2.26. The molecule has 80 valence electrons. The largest absolute Gasteiger partial charge is 0.543 e. The predicted molar refractivity (Wildman–Crippen MR) is 58.9 cm³/mol. The van der Waals surface area contributed by atoms with Crippen molar-refractivity contribution in [3.05, 3.63) is 0 Å². The van der Waals surface area contributed by atoms with E-state index >= 15 is 0 Å². The molecule has 0 amide bonds. The van der Waals surface area contributed by atoms with Crippen LogP contribution in [0.4, 0.5) is 0 Å². The smallest absolute Gasteiger partial charge is 0.378 e. The zero-order chi connectivity index (χ0) is 11.6. The molecule has 0 saturated heterocycles. The summed E-state index contributed by atoms with van der Waals surface area (Å²) >= 11 is 0. The fourth-order valence-corrected chi connectivity index (χ4v) is 1.44. The number of carbonyl (C=O) groups is 1. The third kappa shape index (κ3) is 4.68. The van der Waals surface area contributed by atoms with E-state index in [-0.39, 0.29) is 22.7 Å². The molecule has 3 heteroatoms. The first-order valence-corrected chi connectivity index (χ1v) is 4.98. The highest BCUT2D eigenvalue weighted by molar-refractivity contribution is 6.05. The molecule has 0 fully saturated rings. The fraction of sp³-hybridized carbons (Fsp3) is 0.909. The van der Waals surface area contributed by atoms with Gasteiger partial charge in [-0.15, -0.1) is 0 Å². The van der Waals surface area contributed by atoms with Crippen LogP contribution >= 0.6 is 0 Å². The van der Waals surface area contributed by atoms with E-state index in [2.05, 4.69) is 25.4 Å². The van der Waals surface area contributed by atoms with Gasteiger partial charge < -0.3 is 4.65 Å². The Morgan fingerprint density at radius 3 is 1.86 bits per heavy atom. The summed E-state index contributed by atoms with van der Waals surface area (Å²) < 4.78 is 4.35. The standard InChI is InChI=1S/C11H21BO2/c1-10(2,3)7-8(9(13)14-12)11(4,5)6/h8H,7H2,1-6H3. The Balaban J connectivity index is 4.67. The Bertz CT molecular complexity index is 198. The average molecular weight is 196 g/mol. The van der Waals surface area contributed by atoms with Gasteiger partial charge in [0.05, 0.1) is 5.92 Å². The number of rotatable bonds is 2. The van der Waals surface area contributed by atoms with Crippen molar-refractivity contribution in [2.24, 2.45) is 16.7 Å². The highest BCUT2D eigenvalue weighted by atomic mass is 16.5. The molecule has 2 radical (unpaired) electrons. The van der Waals surface area contributed by atoms with Crippen LogP contribution in [0, 0.1) is 16.7 Å². The van der Waals surface area contributed by atoms with Gasteiger partial charge in [0.1, 0.15) is 0 Å². The molecule has 0 rings (SSSR count). The van der Waals surface area contributed by atoms with E-state index in [1.807, 2.05) is 20.8 Å². The maximum Gasteiger partial charge on any atom is 0.378 e. The van der Waals surface area contributed by atoms with Gasteiger partial charge in [0.2, 0.25) is 0 Å². The summed E-state index contributed by atoms with van der Waals surface area (Å²) in [6, 6.07) is 0. The lowest BCUT2D eigenvalue weighted by Gasteiger charge is -2.33. The van der Waals surface area contributed by atoms with Crippen molar-refractivity contribution in [1.82, 2.24) is 0 Å². The number of hydrogen-bond donors (Lipinski definition) is 0. The Hall–Kier alpha value is -0.465. The lowest BCUT2D eigenvalue weighted by Crippen LogP contribution is -2.33. The Morgan fingerprint density at radius 2 is 1.64 bits per heavy atom. The second-order valence-corrected chi connectivity index (χ2v) is 6.12. The molecule has 0 heterocycles. The molecule has 0 aliphatic rings. The molecule has 0 bridgehead atoms. The van der Waals surface area contributed by atoms with E-state index in [1.165, 1.54) is 0 Å². The summed E-state index contributed by atoms with van der Waals surface area (Å²) in [5, 5.41) is 0. The molecular formula is C11H21BO2. The monoisotopic (exact) mass is 196 g/mol. The Labute approximate surface area is 88.9 Å². The molecule has 0 saturated carbocycles. The van der Waals surface area contributed by atoms with Crippen molar-refractivity contribution >= 4 is 14.0 Å². The van der Waals surface area contributed by atoms with Crippen LogP contribution in [0.1, 0.15) is 48.0 Å². The first-order valence-electron chi connectivity index (χ1n) is 4.98. The second kappa shape index (κ2) is 4.37. The highest BCUT2D eigenvalue weighted by Crippen LogP contribution is 2.36. The van der Waals surface area contributed by atoms with Crippen LogP contribution in [0.25, 0.3) is 0 Å². The normalized spacial score (nSPS) is 15.0. The molecule has 0 spiro atoms. The van der Waals surface area contributed by atoms with Crippen molar-refractivity contribution in [2.75, 3.05) is 0 Å². The Morgan fingerprint density at radius 1 is 1.21 bits per heavy atom. The van der Waals surface area contributed by atoms with E-state index in [1.54, 1.807) is 0 Å². The summed E-state index contributed by atoms with van der Waals surface area (Å²) in [7, 11) is 4.94. The quantitative estimate of drug-likeness (QED) is 0.634. The van der Waals surface area contributed by atoms with Crippen LogP contribution in [0.3, 0.4) is 0 Å². The molecule has 14 heavy (non-hydrogen) atoms. The van der Waals surface area contributed by atoms with Crippen molar-refractivity contribution < 1.29 is 9.45 Å². The van der Waals surface area contributed by atoms with Crippen molar-refractivity contribution in [2.45, 2.75) is 48.0 Å². The van der Waals surface area contributed by atoms with Gasteiger partial charge in [-0.05, 0) is 17.3 Å². The van der Waals surface area contributed by atoms with Gasteiger partial charge in [0.15, 0.2) is 0 Å². The van der Waals surface area contributed by atoms with E-state index in [4.69, 9.17) is 8.05 Å². The van der Waals surface area contributed by atoms with Crippen molar-refractivity contribution in [3.8, 4) is 0 Å². The zero-order valence-corrected chi connectivity index (χ0v) is 10.2. The van der Waals surface area contributed by atoms with Crippen LogP contribution in [-0.2, 0) is 9.45 Å². The van der Waals surface area contributed by atoms with E-state index in [9.17, 15) is 4.79 Å². The fourth-order valence-electron chi connectivity index (χ4n) is 1.44. The zero-order valence-electron chi connectivity index (χ0n) is 10.2. The van der Waals surface area contributed by atoms with E-state index in [0.29, 0.717) is 0 Å². The van der Waals surface area contributed by atoms with Crippen LogP contribution in [0.5, 0.6) is 0 Å². The van der Waals surface area contributed by atoms with Crippen molar-refractivity contribution in [1.29, 1.82) is 0 Å². The third-order valence-electron chi connectivity index (χ3n) is 2.26. The predicted octanol–water partition coefficient (Wildman–Crippen LogP) is 2.71. The summed E-state index contributed by atoms with van der Waals surface area (Å²) in [5.74, 6) is -0.458. The average Bonchev–Trinajstić information content (AvgIpc) is 1.95. The highest BCUT2D eigenvalue weighted by Gasteiger charge is 2.34. The van der Waals surface area contributed by atoms with Gasteiger partial charge in [-0.1, -0.05) is 41.5 Å². The molecule has 0 aromatic rings. The minimum absolute atomic E-state index is 0.103. The first-order chi connectivity index (χ1) is 6.08. The van der Waals surface area contributed by atoms with Crippen LogP contribution < -0.4 is 0 Å². The minimum Gasteiger partial charge on any atom is -0.543 e. The van der Waals surface area contributed by atoms with E-state index in [0.717, 1.165) is 6.42 Å². The minimum atomic E-state index is -0.313. The van der Waals surface area contributed by atoms with Crippen LogP contribution in [-0.4, -0.2) is 14.0 Å². The molecule has 2 nitrogen and oxygen atoms in total. The molecule has 0 N–H and O–H groups in total. The summed E-state index contributed by atoms with van der Waals surface area (Å²) in [6.45, 7) is 12.4. The number of carbonyl (C=O) groups excluding carboxylic acids is 1. The molecule has 0 aromatic carbocycles. The van der Waals surface area contributed by atoms with Gasteiger partial charge in [0.25, 0.3) is 5.97 Å². The Kier molecular flexibility index (Phi) is 4.23. The summed E-state index contributed by atoms with van der Waals surface area (Å²) in [6.07, 6.45) is 0.784. The van der Waals surface area contributed by atoms with Gasteiger partial charge in [-0.2, -0.15) is 0 Å². The van der Waals surface area contributed by atoms with Gasteiger partial charge in [0, 0.05) is 0 Å².